The molecule has 1 aliphatic rings. The molecule has 1 heterocycles. The summed E-state index contributed by atoms with van der Waals surface area (Å²) < 4.78 is 17.9. The summed E-state index contributed by atoms with van der Waals surface area (Å²) in [5.74, 6) is -1.71. The van der Waals surface area contributed by atoms with E-state index in [2.05, 4.69) is 10.4 Å². The second-order valence-electron chi connectivity index (χ2n) is 6.39. The van der Waals surface area contributed by atoms with Crippen molar-refractivity contribution in [2.45, 2.75) is 19.3 Å². The van der Waals surface area contributed by atoms with Crippen LogP contribution in [0.25, 0.3) is 0 Å². The number of carbonyl (C=O) groups is 3. The zero-order valence-corrected chi connectivity index (χ0v) is 15.6. The van der Waals surface area contributed by atoms with Crippen LogP contribution in [0.5, 0.6) is 0 Å². The van der Waals surface area contributed by atoms with Crippen molar-refractivity contribution in [3.05, 3.63) is 66.0 Å². The average Bonchev–Trinajstić information content (AvgIpc) is 2.74. The van der Waals surface area contributed by atoms with Gasteiger partial charge in [-0.25, -0.2) is 14.2 Å². The molecule has 2 amide bonds. The fraction of sp³-hybridized carbons (Fsp3) is 0.238. The average molecular weight is 397 g/mol. The predicted molar refractivity (Wildman–Crippen MR) is 105 cm³/mol. The molecule has 0 bridgehead atoms. The highest BCUT2D eigenvalue weighted by molar-refractivity contribution is 6.38. The van der Waals surface area contributed by atoms with Gasteiger partial charge in [0.25, 0.3) is 5.91 Å². The molecule has 1 aliphatic heterocycles. The summed E-state index contributed by atoms with van der Waals surface area (Å²) in [7, 11) is 0. The number of hydrogen-bond donors (Lipinski definition) is 1. The third kappa shape index (κ3) is 5.71. The van der Waals surface area contributed by atoms with E-state index in [0.29, 0.717) is 18.7 Å². The van der Waals surface area contributed by atoms with Gasteiger partial charge in [0.2, 0.25) is 5.91 Å². The minimum Gasteiger partial charge on any atom is -0.451 e. The zero-order valence-electron chi connectivity index (χ0n) is 15.6. The van der Waals surface area contributed by atoms with Crippen molar-refractivity contribution in [2.75, 3.05) is 18.2 Å². The van der Waals surface area contributed by atoms with E-state index in [4.69, 9.17) is 4.74 Å². The summed E-state index contributed by atoms with van der Waals surface area (Å²) in [6.45, 7) is -0.111. The highest BCUT2D eigenvalue weighted by atomic mass is 19.1. The van der Waals surface area contributed by atoms with Crippen LogP contribution in [0.4, 0.5) is 10.1 Å². The largest absolute Gasteiger partial charge is 0.451 e. The molecular formula is C21H20FN3O4. The van der Waals surface area contributed by atoms with Crippen LogP contribution in [0.15, 0.2) is 59.7 Å². The summed E-state index contributed by atoms with van der Waals surface area (Å²) in [5, 5.41) is 7.88. The second-order valence-corrected chi connectivity index (χ2v) is 6.39. The molecule has 3 rings (SSSR count). The van der Waals surface area contributed by atoms with Gasteiger partial charge >= 0.3 is 5.97 Å². The van der Waals surface area contributed by atoms with Crippen molar-refractivity contribution in [1.82, 2.24) is 5.32 Å². The first kappa shape index (κ1) is 20.2. The lowest BCUT2D eigenvalue weighted by molar-refractivity contribution is -0.142. The van der Waals surface area contributed by atoms with Gasteiger partial charge in [0.05, 0.1) is 5.69 Å². The quantitative estimate of drug-likeness (QED) is 0.726. The van der Waals surface area contributed by atoms with Crippen LogP contribution in [0.3, 0.4) is 0 Å². The molecule has 0 saturated carbocycles. The van der Waals surface area contributed by atoms with Crippen molar-refractivity contribution in [3.8, 4) is 0 Å². The SMILES string of the molecule is O=C(COC(=O)C1=NN(c2ccccc2)C(=O)CC1)NCCc1ccc(F)cc1. The van der Waals surface area contributed by atoms with Crippen LogP contribution in [0, 0.1) is 5.82 Å². The Bertz CT molecular complexity index is 913. The Morgan fingerprint density at radius 2 is 1.79 bits per heavy atom. The molecule has 1 N–H and O–H groups in total. The Morgan fingerprint density at radius 1 is 1.07 bits per heavy atom. The maximum absolute atomic E-state index is 12.9. The monoisotopic (exact) mass is 397 g/mol. The van der Waals surface area contributed by atoms with E-state index >= 15 is 0 Å². The smallest absolute Gasteiger partial charge is 0.355 e. The number of para-hydroxylation sites is 1. The molecular weight excluding hydrogens is 377 g/mol. The normalized spacial score (nSPS) is 13.6. The molecule has 0 radical (unpaired) electrons. The molecule has 0 spiro atoms. The number of hydrogen-bond acceptors (Lipinski definition) is 5. The Hall–Kier alpha value is -3.55. The van der Waals surface area contributed by atoms with Gasteiger partial charge < -0.3 is 10.1 Å². The van der Waals surface area contributed by atoms with Gasteiger partial charge in [-0.1, -0.05) is 30.3 Å². The first-order valence-corrected chi connectivity index (χ1v) is 9.16. The maximum atomic E-state index is 12.9. The minimum atomic E-state index is -0.730. The molecule has 2 aromatic rings. The molecule has 150 valence electrons. The number of ether oxygens (including phenoxy) is 1. The van der Waals surface area contributed by atoms with Gasteiger partial charge in [0.1, 0.15) is 11.5 Å². The number of nitrogens with one attached hydrogen (secondary N) is 1. The van der Waals surface area contributed by atoms with E-state index in [1.807, 2.05) is 6.07 Å². The first-order chi connectivity index (χ1) is 14.0. The Morgan fingerprint density at radius 3 is 2.52 bits per heavy atom. The van der Waals surface area contributed by atoms with Crippen LogP contribution in [-0.4, -0.2) is 36.6 Å². The van der Waals surface area contributed by atoms with Crippen LogP contribution in [0.1, 0.15) is 18.4 Å². The van der Waals surface area contributed by atoms with Gasteiger partial charge in [-0.3, -0.25) is 9.59 Å². The lowest BCUT2D eigenvalue weighted by Gasteiger charge is -2.22. The van der Waals surface area contributed by atoms with Gasteiger partial charge in [0.15, 0.2) is 6.61 Å². The van der Waals surface area contributed by atoms with Crippen LogP contribution in [0.2, 0.25) is 0 Å². The molecule has 8 heteroatoms. The number of halogens is 1. The number of rotatable bonds is 7. The van der Waals surface area contributed by atoms with Gasteiger partial charge in [0, 0.05) is 19.4 Å². The summed E-state index contributed by atoms with van der Waals surface area (Å²) in [6, 6.07) is 14.8. The van der Waals surface area contributed by atoms with E-state index in [1.54, 1.807) is 36.4 Å². The summed E-state index contributed by atoms with van der Waals surface area (Å²) in [6.07, 6.45) is 0.820. The summed E-state index contributed by atoms with van der Waals surface area (Å²) in [5.41, 5.74) is 1.53. The molecule has 7 nitrogen and oxygen atoms in total. The van der Waals surface area contributed by atoms with Crippen molar-refractivity contribution >= 4 is 29.2 Å². The van der Waals surface area contributed by atoms with Crippen LogP contribution in [-0.2, 0) is 25.5 Å². The highest BCUT2D eigenvalue weighted by Gasteiger charge is 2.26. The lowest BCUT2D eigenvalue weighted by Crippen LogP contribution is -2.36. The fourth-order valence-corrected chi connectivity index (χ4v) is 2.73. The number of hydrazone groups is 1. The Balaban J connectivity index is 1.47. The number of carbonyl (C=O) groups excluding carboxylic acids is 3. The standard InChI is InChI=1S/C21H20FN3O4/c22-16-8-6-15(7-9-16)12-13-23-19(26)14-29-21(28)18-10-11-20(27)25(24-18)17-4-2-1-3-5-17/h1-9H,10-14H2,(H,23,26). The molecule has 0 fully saturated rings. The Labute approximate surface area is 167 Å². The fourth-order valence-electron chi connectivity index (χ4n) is 2.73. The number of nitrogens with zero attached hydrogens (tertiary/aromatic N) is 2. The van der Waals surface area contributed by atoms with Crippen LogP contribution >= 0.6 is 0 Å². The van der Waals surface area contributed by atoms with Crippen molar-refractivity contribution in [2.24, 2.45) is 5.10 Å². The molecule has 0 unspecified atom stereocenters. The number of esters is 1. The van der Waals surface area contributed by atoms with E-state index < -0.39 is 18.5 Å². The topological polar surface area (TPSA) is 88.1 Å². The van der Waals surface area contributed by atoms with Crippen molar-refractivity contribution < 1.29 is 23.5 Å². The summed E-state index contributed by atoms with van der Waals surface area (Å²) in [4.78, 5) is 36.1. The lowest BCUT2D eigenvalue weighted by atomic mass is 10.1. The zero-order chi connectivity index (χ0) is 20.6. The number of amides is 2. The van der Waals surface area contributed by atoms with E-state index in [-0.39, 0.29) is 30.3 Å². The molecule has 0 atom stereocenters. The second kappa shape index (κ2) is 9.59. The van der Waals surface area contributed by atoms with Crippen LogP contribution < -0.4 is 10.3 Å². The molecule has 0 saturated heterocycles. The van der Waals surface area contributed by atoms with E-state index in [1.165, 1.54) is 17.1 Å². The number of benzene rings is 2. The number of anilines is 1. The molecule has 0 aliphatic carbocycles. The first-order valence-electron chi connectivity index (χ1n) is 9.16. The molecule has 2 aromatic carbocycles. The van der Waals surface area contributed by atoms with Crippen molar-refractivity contribution in [1.29, 1.82) is 0 Å². The Kier molecular flexibility index (Phi) is 6.67. The summed E-state index contributed by atoms with van der Waals surface area (Å²) >= 11 is 0. The van der Waals surface area contributed by atoms with E-state index in [0.717, 1.165) is 5.56 Å². The molecule has 0 aromatic heterocycles. The minimum absolute atomic E-state index is 0.0903. The highest BCUT2D eigenvalue weighted by Crippen LogP contribution is 2.19. The van der Waals surface area contributed by atoms with Crippen molar-refractivity contribution in [3.63, 3.8) is 0 Å². The van der Waals surface area contributed by atoms with E-state index in [9.17, 15) is 18.8 Å². The third-order valence-corrected chi connectivity index (χ3v) is 4.25. The van der Waals surface area contributed by atoms with Gasteiger partial charge in [-0.2, -0.15) is 5.10 Å². The molecule has 29 heavy (non-hydrogen) atoms. The van der Waals surface area contributed by atoms with Gasteiger partial charge in [-0.05, 0) is 36.2 Å². The third-order valence-electron chi connectivity index (χ3n) is 4.25. The maximum Gasteiger partial charge on any atom is 0.355 e. The predicted octanol–water partition coefficient (Wildman–Crippen LogP) is 2.21. The van der Waals surface area contributed by atoms with Gasteiger partial charge in [-0.15, -0.1) is 0 Å².